The van der Waals surface area contributed by atoms with Crippen molar-refractivity contribution >= 4 is 22.9 Å². The van der Waals surface area contributed by atoms with Crippen LogP contribution in [-0.2, 0) is 6.54 Å². The molecule has 0 aromatic carbocycles. The van der Waals surface area contributed by atoms with E-state index in [1.54, 1.807) is 10.5 Å². The Bertz CT molecular complexity index is 449. The van der Waals surface area contributed by atoms with Crippen molar-refractivity contribution in [2.45, 2.75) is 6.54 Å². The van der Waals surface area contributed by atoms with E-state index in [4.69, 9.17) is 23.1 Å². The second-order valence-corrected chi connectivity index (χ2v) is 3.05. The van der Waals surface area contributed by atoms with Gasteiger partial charge in [-0.1, -0.05) is 17.7 Å². The Morgan fingerprint density at radius 2 is 2.23 bits per heavy atom. The van der Waals surface area contributed by atoms with Gasteiger partial charge in [0.15, 0.2) is 5.15 Å². The Labute approximate surface area is 80.1 Å². The number of imidazole rings is 1. The normalized spacial score (nSPS) is 10.9. The Morgan fingerprint density at radius 1 is 1.46 bits per heavy atom. The lowest BCUT2D eigenvalue weighted by molar-refractivity contribution is 0.909. The highest BCUT2D eigenvalue weighted by Gasteiger charge is 2.08. The number of nitrogens with two attached hydrogens (primary N) is 2. The first-order valence-corrected chi connectivity index (χ1v) is 4.23. The van der Waals surface area contributed by atoms with Crippen molar-refractivity contribution in [3.05, 3.63) is 29.2 Å². The van der Waals surface area contributed by atoms with Crippen LogP contribution in [0.1, 0.15) is 5.82 Å². The minimum absolute atomic E-state index is 0.322. The van der Waals surface area contributed by atoms with Crippen LogP contribution in [0.3, 0.4) is 0 Å². The molecular weight excluding hydrogens is 188 g/mol. The smallest absolute Gasteiger partial charge is 0.155 e. The molecule has 2 aromatic rings. The zero-order valence-corrected chi connectivity index (χ0v) is 7.62. The van der Waals surface area contributed by atoms with Gasteiger partial charge in [0.2, 0.25) is 0 Å². The lowest BCUT2D eigenvalue weighted by Crippen LogP contribution is -2.05. The summed E-state index contributed by atoms with van der Waals surface area (Å²) in [4.78, 5) is 4.09. The maximum absolute atomic E-state index is 5.89. The Balaban J connectivity index is 2.89. The van der Waals surface area contributed by atoms with E-state index in [1.165, 1.54) is 0 Å². The number of halogens is 1. The first-order chi connectivity index (χ1) is 6.24. The minimum atomic E-state index is 0.322. The van der Waals surface area contributed by atoms with Crippen LogP contribution < -0.4 is 11.5 Å². The summed E-state index contributed by atoms with van der Waals surface area (Å²) in [6.07, 6.45) is 0. The molecule has 0 saturated heterocycles. The van der Waals surface area contributed by atoms with Crippen LogP contribution in [0.4, 0.5) is 5.82 Å². The van der Waals surface area contributed by atoms with Gasteiger partial charge in [0.1, 0.15) is 11.6 Å². The van der Waals surface area contributed by atoms with Crippen molar-refractivity contribution in [3.8, 4) is 0 Å². The van der Waals surface area contributed by atoms with Gasteiger partial charge in [0, 0.05) is 0 Å². The van der Waals surface area contributed by atoms with Crippen molar-refractivity contribution in [2.24, 2.45) is 5.73 Å². The average Bonchev–Trinajstić information content (AvgIpc) is 2.45. The Kier molecular flexibility index (Phi) is 1.86. The quantitative estimate of drug-likeness (QED) is 0.716. The van der Waals surface area contributed by atoms with Gasteiger partial charge in [0.25, 0.3) is 0 Å². The molecule has 0 radical (unpaired) electrons. The fourth-order valence-corrected chi connectivity index (χ4v) is 1.58. The van der Waals surface area contributed by atoms with Crippen LogP contribution in [-0.4, -0.2) is 9.38 Å². The summed E-state index contributed by atoms with van der Waals surface area (Å²) in [7, 11) is 0. The first kappa shape index (κ1) is 8.34. The fraction of sp³-hybridized carbons (Fsp3) is 0.125. The van der Waals surface area contributed by atoms with E-state index in [0.717, 1.165) is 5.52 Å². The number of aromatic nitrogens is 2. The van der Waals surface area contributed by atoms with Crippen molar-refractivity contribution in [1.82, 2.24) is 9.38 Å². The molecule has 0 spiro atoms. The van der Waals surface area contributed by atoms with Crippen LogP contribution >= 0.6 is 11.6 Å². The van der Waals surface area contributed by atoms with E-state index < -0.39 is 0 Å². The third-order valence-electron chi connectivity index (χ3n) is 1.90. The van der Waals surface area contributed by atoms with E-state index >= 15 is 0 Å². The summed E-state index contributed by atoms with van der Waals surface area (Å²) in [6, 6.07) is 5.47. The van der Waals surface area contributed by atoms with Gasteiger partial charge < -0.3 is 11.5 Å². The van der Waals surface area contributed by atoms with Gasteiger partial charge in [-0.3, -0.25) is 4.40 Å². The summed E-state index contributed by atoms with van der Waals surface area (Å²) >= 11 is 5.89. The molecule has 4 nitrogen and oxygen atoms in total. The van der Waals surface area contributed by atoms with Gasteiger partial charge in [-0.25, -0.2) is 4.98 Å². The highest BCUT2D eigenvalue weighted by Crippen LogP contribution is 2.20. The lowest BCUT2D eigenvalue weighted by Gasteiger charge is -2.01. The maximum Gasteiger partial charge on any atom is 0.155 e. The summed E-state index contributed by atoms with van der Waals surface area (Å²) in [5.41, 5.74) is 12.0. The average molecular weight is 197 g/mol. The largest absolute Gasteiger partial charge is 0.385 e. The molecule has 4 N–H and O–H groups in total. The van der Waals surface area contributed by atoms with Crippen LogP contribution in [0, 0.1) is 0 Å². The molecule has 2 rings (SSSR count). The molecule has 0 bridgehead atoms. The van der Waals surface area contributed by atoms with E-state index in [1.807, 2.05) is 12.1 Å². The molecule has 0 aliphatic rings. The molecule has 0 fully saturated rings. The van der Waals surface area contributed by atoms with Gasteiger partial charge in [0.05, 0.1) is 12.1 Å². The molecule has 2 aromatic heterocycles. The predicted molar refractivity (Wildman–Crippen MR) is 52.5 cm³/mol. The van der Waals surface area contributed by atoms with Crippen LogP contribution in [0.15, 0.2) is 18.2 Å². The highest BCUT2D eigenvalue weighted by atomic mass is 35.5. The molecule has 0 amide bonds. The number of hydrogen-bond acceptors (Lipinski definition) is 3. The van der Waals surface area contributed by atoms with Crippen LogP contribution in [0.25, 0.3) is 5.52 Å². The summed E-state index contributed by atoms with van der Waals surface area (Å²) in [5.74, 6) is 1.27. The molecule has 2 heterocycles. The van der Waals surface area contributed by atoms with Gasteiger partial charge in [-0.2, -0.15) is 0 Å². The molecular formula is C8H9ClN4. The number of anilines is 1. The third kappa shape index (κ3) is 1.15. The van der Waals surface area contributed by atoms with E-state index in [2.05, 4.69) is 4.98 Å². The number of fused-ring (bicyclic) bond motifs is 1. The van der Waals surface area contributed by atoms with Crippen molar-refractivity contribution in [3.63, 3.8) is 0 Å². The third-order valence-corrected chi connectivity index (χ3v) is 2.18. The maximum atomic E-state index is 5.89. The summed E-state index contributed by atoms with van der Waals surface area (Å²) in [6.45, 7) is 0.322. The number of nitrogens with zero attached hydrogens (tertiary/aromatic N) is 2. The zero-order valence-electron chi connectivity index (χ0n) is 6.87. The SMILES string of the molecule is NCc1nc(Cl)c2cccc(N)n12. The molecule has 68 valence electrons. The lowest BCUT2D eigenvalue weighted by atomic mass is 10.4. The minimum Gasteiger partial charge on any atom is -0.385 e. The Hall–Kier alpha value is -1.26. The van der Waals surface area contributed by atoms with E-state index in [9.17, 15) is 0 Å². The van der Waals surface area contributed by atoms with E-state index in [-0.39, 0.29) is 0 Å². The summed E-state index contributed by atoms with van der Waals surface area (Å²) in [5, 5.41) is 0.438. The molecule has 13 heavy (non-hydrogen) atoms. The Morgan fingerprint density at radius 3 is 2.92 bits per heavy atom. The second-order valence-electron chi connectivity index (χ2n) is 2.69. The van der Waals surface area contributed by atoms with Crippen LogP contribution in [0.5, 0.6) is 0 Å². The number of nitrogen functional groups attached to an aromatic ring is 1. The molecule has 0 aliphatic carbocycles. The standard InChI is InChI=1S/C8H9ClN4/c9-8-5-2-1-3-6(11)13(5)7(4-10)12-8/h1-3H,4,10-11H2. The molecule has 0 atom stereocenters. The number of rotatable bonds is 1. The molecule has 0 saturated carbocycles. The predicted octanol–water partition coefficient (Wildman–Crippen LogP) is 1.03. The van der Waals surface area contributed by atoms with Gasteiger partial charge >= 0.3 is 0 Å². The highest BCUT2D eigenvalue weighted by molar-refractivity contribution is 6.32. The molecule has 0 unspecified atom stereocenters. The fourth-order valence-electron chi connectivity index (χ4n) is 1.33. The number of pyridine rings is 1. The van der Waals surface area contributed by atoms with Gasteiger partial charge in [-0.15, -0.1) is 0 Å². The summed E-state index contributed by atoms with van der Waals surface area (Å²) < 4.78 is 1.75. The first-order valence-electron chi connectivity index (χ1n) is 3.85. The second kappa shape index (κ2) is 2.90. The number of hydrogen-bond donors (Lipinski definition) is 2. The van der Waals surface area contributed by atoms with Crippen molar-refractivity contribution in [2.75, 3.05) is 5.73 Å². The monoisotopic (exact) mass is 196 g/mol. The molecule has 0 aliphatic heterocycles. The van der Waals surface area contributed by atoms with Gasteiger partial charge in [-0.05, 0) is 12.1 Å². The van der Waals surface area contributed by atoms with Crippen LogP contribution in [0.2, 0.25) is 5.15 Å². The van der Waals surface area contributed by atoms with Crippen molar-refractivity contribution < 1.29 is 0 Å². The van der Waals surface area contributed by atoms with E-state index in [0.29, 0.717) is 23.3 Å². The molecule has 5 heteroatoms. The zero-order chi connectivity index (χ0) is 9.42. The van der Waals surface area contributed by atoms with Crippen molar-refractivity contribution in [1.29, 1.82) is 0 Å². The topological polar surface area (TPSA) is 69.3 Å².